The van der Waals surface area contributed by atoms with Gasteiger partial charge >= 0.3 is 0 Å². The highest BCUT2D eigenvalue weighted by atomic mass is 15.6. The van der Waals surface area contributed by atoms with Gasteiger partial charge in [0.15, 0.2) is 0 Å². The average Bonchev–Trinajstić information content (AvgIpc) is 2.72. The fraction of sp³-hybridized carbons (Fsp3) is 0.875. The first-order valence-electron chi connectivity index (χ1n) is 4.97. The Morgan fingerprint density at radius 3 is 3.00 bits per heavy atom. The van der Waals surface area contributed by atoms with Crippen LogP contribution in [0.1, 0.15) is 19.3 Å². The minimum absolute atomic E-state index is 0.388. The predicted octanol–water partition coefficient (Wildman–Crippen LogP) is -0.251. The predicted molar refractivity (Wildman–Crippen MR) is 52.6 cm³/mol. The Kier molecular flexibility index (Phi) is 2.62. The van der Waals surface area contributed by atoms with Gasteiger partial charge in [0.25, 0.3) is 0 Å². The molecule has 0 amide bonds. The third-order valence-corrected chi connectivity index (χ3v) is 2.75. The number of aromatic nitrogens is 4. The number of hydrogen-bond donors (Lipinski definition) is 2. The van der Waals surface area contributed by atoms with Crippen molar-refractivity contribution < 1.29 is 0 Å². The molecule has 0 aromatic carbocycles. The molecule has 6 heteroatoms. The standard InChI is InChI=1S/C8H16N6/c1-14-8(11-12-13-14)10-5-6-2-3-7(9)4-6/h6-7H,2-5,9H2,1H3,(H,10,11,13). The Morgan fingerprint density at radius 2 is 2.43 bits per heavy atom. The van der Waals surface area contributed by atoms with Crippen LogP contribution in [0.2, 0.25) is 0 Å². The van der Waals surface area contributed by atoms with Crippen molar-refractivity contribution in [3.8, 4) is 0 Å². The number of tetrazole rings is 1. The van der Waals surface area contributed by atoms with Crippen LogP contribution in [0.3, 0.4) is 0 Å². The normalized spacial score (nSPS) is 26.7. The largest absolute Gasteiger partial charge is 0.353 e. The van der Waals surface area contributed by atoms with Gasteiger partial charge in [-0.25, -0.2) is 4.68 Å². The van der Waals surface area contributed by atoms with Crippen molar-refractivity contribution >= 4 is 5.95 Å². The maximum absolute atomic E-state index is 5.83. The monoisotopic (exact) mass is 196 g/mol. The van der Waals surface area contributed by atoms with Gasteiger partial charge in [-0.15, -0.1) is 0 Å². The van der Waals surface area contributed by atoms with Crippen LogP contribution in [0.15, 0.2) is 0 Å². The van der Waals surface area contributed by atoms with Gasteiger partial charge in [0.05, 0.1) is 0 Å². The molecule has 0 bridgehead atoms. The first-order valence-corrected chi connectivity index (χ1v) is 4.97. The lowest BCUT2D eigenvalue weighted by molar-refractivity contribution is 0.561. The number of nitrogens with two attached hydrogens (primary N) is 1. The van der Waals surface area contributed by atoms with Crippen LogP contribution < -0.4 is 11.1 Å². The molecular weight excluding hydrogens is 180 g/mol. The first kappa shape index (κ1) is 9.39. The summed E-state index contributed by atoms with van der Waals surface area (Å²) in [5, 5.41) is 14.4. The minimum atomic E-state index is 0.388. The number of hydrogen-bond acceptors (Lipinski definition) is 5. The van der Waals surface area contributed by atoms with Crippen LogP contribution in [0.4, 0.5) is 5.95 Å². The Labute approximate surface area is 82.9 Å². The van der Waals surface area contributed by atoms with Gasteiger partial charge in [-0.05, 0) is 35.6 Å². The molecule has 2 unspecified atom stereocenters. The van der Waals surface area contributed by atoms with E-state index >= 15 is 0 Å². The maximum atomic E-state index is 5.83. The topological polar surface area (TPSA) is 81.7 Å². The summed E-state index contributed by atoms with van der Waals surface area (Å²) in [6, 6.07) is 0.388. The van der Waals surface area contributed by atoms with Crippen LogP contribution in [-0.4, -0.2) is 32.8 Å². The van der Waals surface area contributed by atoms with Gasteiger partial charge < -0.3 is 11.1 Å². The molecule has 78 valence electrons. The molecule has 0 aliphatic heterocycles. The number of rotatable bonds is 3. The van der Waals surface area contributed by atoms with Gasteiger partial charge in [-0.1, -0.05) is 5.10 Å². The van der Waals surface area contributed by atoms with E-state index in [0.29, 0.717) is 12.0 Å². The molecule has 1 saturated carbocycles. The van der Waals surface area contributed by atoms with Crippen molar-refractivity contribution in [3.63, 3.8) is 0 Å². The third-order valence-electron chi connectivity index (χ3n) is 2.75. The van der Waals surface area contributed by atoms with Crippen molar-refractivity contribution in [1.82, 2.24) is 20.2 Å². The van der Waals surface area contributed by atoms with Gasteiger partial charge in [0, 0.05) is 19.6 Å². The summed E-state index contributed by atoms with van der Waals surface area (Å²) in [5.41, 5.74) is 5.83. The SMILES string of the molecule is Cn1nnnc1NCC1CCC(N)C1. The molecule has 1 aliphatic carbocycles. The fourth-order valence-electron chi connectivity index (χ4n) is 1.91. The lowest BCUT2D eigenvalue weighted by Crippen LogP contribution is -2.18. The molecule has 6 nitrogen and oxygen atoms in total. The second kappa shape index (κ2) is 3.91. The number of nitrogens with zero attached hydrogens (tertiary/aromatic N) is 4. The molecular formula is C8H16N6. The van der Waals surface area contributed by atoms with Gasteiger partial charge in [0.1, 0.15) is 0 Å². The molecule has 1 heterocycles. The van der Waals surface area contributed by atoms with Crippen molar-refractivity contribution in [2.45, 2.75) is 25.3 Å². The Morgan fingerprint density at radius 1 is 1.57 bits per heavy atom. The molecule has 1 aliphatic rings. The van der Waals surface area contributed by atoms with Crippen molar-refractivity contribution in [2.24, 2.45) is 18.7 Å². The van der Waals surface area contributed by atoms with E-state index in [4.69, 9.17) is 5.73 Å². The summed E-state index contributed by atoms with van der Waals surface area (Å²) >= 11 is 0. The second-order valence-corrected chi connectivity index (χ2v) is 3.95. The molecule has 2 atom stereocenters. The first-order chi connectivity index (χ1) is 6.75. The molecule has 0 spiro atoms. The molecule has 1 aromatic heterocycles. The fourth-order valence-corrected chi connectivity index (χ4v) is 1.91. The highest BCUT2D eigenvalue weighted by Crippen LogP contribution is 2.23. The molecule has 0 radical (unpaired) electrons. The smallest absolute Gasteiger partial charge is 0.242 e. The lowest BCUT2D eigenvalue weighted by Gasteiger charge is -2.10. The highest BCUT2D eigenvalue weighted by molar-refractivity contribution is 5.20. The third kappa shape index (κ3) is 2.01. The summed E-state index contributed by atoms with van der Waals surface area (Å²) in [5.74, 6) is 1.40. The Balaban J connectivity index is 1.80. The highest BCUT2D eigenvalue weighted by Gasteiger charge is 2.21. The molecule has 14 heavy (non-hydrogen) atoms. The van der Waals surface area contributed by atoms with Gasteiger partial charge in [0.2, 0.25) is 5.95 Å². The van der Waals surface area contributed by atoms with E-state index in [-0.39, 0.29) is 0 Å². The average molecular weight is 196 g/mol. The van der Waals surface area contributed by atoms with Crippen LogP contribution in [0, 0.1) is 5.92 Å². The van der Waals surface area contributed by atoms with Crippen molar-refractivity contribution in [3.05, 3.63) is 0 Å². The molecule has 3 N–H and O–H groups in total. The summed E-state index contributed by atoms with van der Waals surface area (Å²) in [6.07, 6.45) is 3.46. The number of anilines is 1. The van der Waals surface area contributed by atoms with Crippen molar-refractivity contribution in [2.75, 3.05) is 11.9 Å². The van der Waals surface area contributed by atoms with E-state index in [0.717, 1.165) is 25.3 Å². The quantitative estimate of drug-likeness (QED) is 0.696. The Hall–Kier alpha value is -1.17. The van der Waals surface area contributed by atoms with E-state index in [1.807, 2.05) is 7.05 Å². The maximum Gasteiger partial charge on any atom is 0.242 e. The lowest BCUT2D eigenvalue weighted by atomic mass is 10.1. The molecule has 1 fully saturated rings. The molecule has 2 rings (SSSR count). The zero-order valence-corrected chi connectivity index (χ0v) is 8.35. The second-order valence-electron chi connectivity index (χ2n) is 3.95. The van der Waals surface area contributed by atoms with E-state index < -0.39 is 0 Å². The van der Waals surface area contributed by atoms with Gasteiger partial charge in [-0.2, -0.15) is 0 Å². The molecule has 1 aromatic rings. The van der Waals surface area contributed by atoms with E-state index in [1.54, 1.807) is 4.68 Å². The summed E-state index contributed by atoms with van der Waals surface area (Å²) in [6.45, 7) is 0.919. The van der Waals surface area contributed by atoms with E-state index in [9.17, 15) is 0 Å². The van der Waals surface area contributed by atoms with Crippen molar-refractivity contribution in [1.29, 1.82) is 0 Å². The van der Waals surface area contributed by atoms with Crippen LogP contribution in [-0.2, 0) is 7.05 Å². The number of aryl methyl sites for hydroxylation is 1. The summed E-state index contributed by atoms with van der Waals surface area (Å²) < 4.78 is 1.63. The van der Waals surface area contributed by atoms with E-state index in [1.165, 1.54) is 6.42 Å². The zero-order valence-electron chi connectivity index (χ0n) is 8.35. The minimum Gasteiger partial charge on any atom is -0.353 e. The van der Waals surface area contributed by atoms with E-state index in [2.05, 4.69) is 20.8 Å². The van der Waals surface area contributed by atoms with Gasteiger partial charge in [-0.3, -0.25) is 0 Å². The van der Waals surface area contributed by atoms with Crippen LogP contribution >= 0.6 is 0 Å². The molecule has 0 saturated heterocycles. The Bertz CT molecular complexity index is 296. The summed E-state index contributed by atoms with van der Waals surface area (Å²) in [4.78, 5) is 0. The van der Waals surface area contributed by atoms with Crippen LogP contribution in [0.25, 0.3) is 0 Å². The zero-order chi connectivity index (χ0) is 9.97. The summed E-state index contributed by atoms with van der Waals surface area (Å²) in [7, 11) is 1.82. The van der Waals surface area contributed by atoms with Crippen LogP contribution in [0.5, 0.6) is 0 Å². The number of nitrogens with one attached hydrogen (secondary N) is 1.